The van der Waals surface area contributed by atoms with E-state index in [9.17, 15) is 0 Å². The number of fused-ring (bicyclic) bond motifs is 30. The van der Waals surface area contributed by atoms with Crippen LogP contribution in [0.15, 0.2) is 323 Å². The van der Waals surface area contributed by atoms with E-state index < -0.39 is 0 Å². The summed E-state index contributed by atoms with van der Waals surface area (Å²) >= 11 is 0. The topological polar surface area (TPSA) is 90.2 Å². The van der Waals surface area contributed by atoms with Gasteiger partial charge in [0.2, 0.25) is 0 Å². The Morgan fingerprint density at radius 2 is 0.378 bits per heavy atom. The maximum atomic E-state index is 7.84. The van der Waals surface area contributed by atoms with E-state index in [4.69, 9.17) is 21.7 Å². The van der Waals surface area contributed by atoms with Crippen molar-refractivity contribution in [1.29, 1.82) is 0 Å². The first kappa shape index (κ1) is 43.4. The van der Waals surface area contributed by atoms with Crippen molar-refractivity contribution in [1.82, 2.24) is 34.9 Å². The Morgan fingerprint density at radius 1 is 0.178 bits per heavy atom. The Bertz CT molecular complexity index is 5410. The normalized spacial score (nSPS) is 12.6. The maximum absolute atomic E-state index is 7.84. The van der Waals surface area contributed by atoms with Crippen molar-refractivity contribution in [2.75, 3.05) is 0 Å². The van der Waals surface area contributed by atoms with E-state index >= 15 is 0 Å². The maximum Gasteiger partial charge on any atom is 0.0970 e. The summed E-state index contributed by atoms with van der Waals surface area (Å²) in [4.78, 5) is 30.6. The molecular weight excluding hydrogens is 1090 g/mol. The second-order valence-electron chi connectivity index (χ2n) is 21.9. The van der Waals surface area contributed by atoms with Crippen LogP contribution in [0.3, 0.4) is 0 Å². The van der Waals surface area contributed by atoms with Crippen LogP contribution in [0.25, 0.3) is 162 Å². The predicted octanol–water partition coefficient (Wildman–Crippen LogP) is 22.7. The van der Waals surface area contributed by atoms with Gasteiger partial charge in [-0.3, -0.25) is 34.9 Å². The van der Waals surface area contributed by atoms with Crippen LogP contribution < -0.4 is 0 Å². The van der Waals surface area contributed by atoms with E-state index in [-0.39, 0.29) is 0 Å². The van der Waals surface area contributed by atoms with Gasteiger partial charge in [0.25, 0.3) is 0 Å². The molecule has 7 aromatic heterocycles. The summed E-state index contributed by atoms with van der Waals surface area (Å²) in [5.41, 5.74) is 3.74. The highest BCUT2D eigenvalue weighted by Gasteiger charge is 2.13. The molecule has 13 aromatic carbocycles. The highest BCUT2D eigenvalue weighted by molar-refractivity contribution is 6.28. The van der Waals surface area contributed by atoms with Crippen molar-refractivity contribution >= 4 is 162 Å². The van der Waals surface area contributed by atoms with Crippen LogP contribution in [0.2, 0.25) is 0 Å². The third-order valence-electron chi connectivity index (χ3n) is 17.0. The van der Waals surface area contributed by atoms with E-state index in [0.717, 1.165) is 108 Å². The zero-order valence-corrected chi connectivity index (χ0v) is 48.3. The summed E-state index contributed by atoms with van der Waals surface area (Å²) in [6, 6.07) is 78.7. The summed E-state index contributed by atoms with van der Waals surface area (Å²) in [5.74, 6) is 0. The van der Waals surface area contributed by atoms with E-state index in [0.29, 0.717) is 30.2 Å². The Balaban J connectivity index is 0.000000127. The average molecular weight is 1170 g/mol. The molecular formula is C83H63N7. The van der Waals surface area contributed by atoms with Crippen LogP contribution >= 0.6 is 0 Å². The standard InChI is InChI=1S/3C17H11N.2C16H10N2.5H2/c1-2-7-14-12(6-1)13-8-3-4-9-15(13)17-16(14)10-5-11-18-17;2*1-2-7-14-12(5-1)13-6-3-4-8-15(13)17-11-18-10-9-16(14)17;1-2-6-12-11(5-1)13-7-3-9-17-15(13)16-14(12)8-4-10-18-16;1-2-5-12-11(4-1)13-7-9-17-10-15(13)16-14(12)6-3-8-18-16;;;;;/h3*1-11H;2*1-10H;5*1H/i3*4D;1D;2D;5*1+1D. The van der Waals surface area contributed by atoms with Crippen LogP contribution in [-0.2, 0) is 0 Å². The molecule has 0 aliphatic rings. The Morgan fingerprint density at radius 3 is 0.722 bits per heavy atom. The van der Waals surface area contributed by atoms with Gasteiger partial charge in [0.1, 0.15) is 0 Å². The number of rotatable bonds is 0. The Hall–Kier alpha value is -12.2. The van der Waals surface area contributed by atoms with Crippen LogP contribution in [0, 0.1) is 0 Å². The molecule has 0 saturated heterocycles. The quantitative estimate of drug-likeness (QED) is 0.140. The van der Waals surface area contributed by atoms with Crippen LogP contribution in [0.4, 0.5) is 0 Å². The minimum Gasteiger partial charge on any atom is -0.264 e. The average Bonchev–Trinajstić information content (AvgIpc) is 0.782. The van der Waals surface area contributed by atoms with Gasteiger partial charge < -0.3 is 0 Å². The molecule has 0 atom stereocenters. The lowest BCUT2D eigenvalue weighted by Crippen LogP contribution is -1.87. The first-order valence-corrected chi connectivity index (χ1v) is 29.7. The molecule has 0 radical (unpaired) electrons. The number of hydrogen-bond donors (Lipinski definition) is 0. The fraction of sp³-hybridized carbons (Fsp3) is 0. The molecule has 0 aliphatic carbocycles. The van der Waals surface area contributed by atoms with Crippen molar-refractivity contribution in [3.63, 3.8) is 0 Å². The highest BCUT2D eigenvalue weighted by Crippen LogP contribution is 2.38. The lowest BCUT2D eigenvalue weighted by molar-refractivity contribution is 1.36. The van der Waals surface area contributed by atoms with E-state index in [2.05, 4.69) is 126 Å². The third-order valence-corrected chi connectivity index (χ3v) is 17.0. The molecule has 0 fully saturated rings. The monoisotopic (exact) mass is 1170 g/mol. The zero-order valence-electron chi connectivity index (χ0n) is 63.3. The minimum absolute atomic E-state index is 0.515. The fourth-order valence-corrected chi connectivity index (χ4v) is 13.1. The summed E-state index contributed by atoms with van der Waals surface area (Å²) < 4.78 is 89.2. The van der Waals surface area contributed by atoms with E-state index in [1.807, 2.05) is 177 Å². The van der Waals surface area contributed by atoms with Gasteiger partial charge in [-0.1, -0.05) is 218 Å². The predicted molar refractivity (Wildman–Crippen MR) is 390 cm³/mol. The lowest BCUT2D eigenvalue weighted by Gasteiger charge is -2.09. The summed E-state index contributed by atoms with van der Waals surface area (Å²) in [6.07, 6.45) is 18.3. The molecule has 7 heterocycles. The van der Waals surface area contributed by atoms with Crippen molar-refractivity contribution < 1.29 is 21.7 Å². The lowest BCUT2D eigenvalue weighted by atomic mass is 9.96. The van der Waals surface area contributed by atoms with E-state index in [1.54, 1.807) is 24.8 Å². The first-order chi connectivity index (χ1) is 51.7. The summed E-state index contributed by atoms with van der Waals surface area (Å²) in [7, 11) is 0. The van der Waals surface area contributed by atoms with Crippen LogP contribution in [0.1, 0.15) is 21.7 Å². The van der Waals surface area contributed by atoms with E-state index in [1.165, 1.54) is 53.9 Å². The van der Waals surface area contributed by atoms with Crippen LogP contribution in [-0.4, -0.2) is 34.9 Å². The van der Waals surface area contributed by atoms with Crippen LogP contribution in [0.5, 0.6) is 0 Å². The molecule has 0 unspecified atom stereocenters. The van der Waals surface area contributed by atoms with Gasteiger partial charge in [0, 0.05) is 120 Å². The molecule has 20 rings (SSSR count). The van der Waals surface area contributed by atoms with Crippen molar-refractivity contribution in [3.8, 4) is 0 Å². The molecule has 7 nitrogen and oxygen atoms in total. The smallest absolute Gasteiger partial charge is 0.0970 e. The fourth-order valence-electron chi connectivity index (χ4n) is 13.1. The van der Waals surface area contributed by atoms with Gasteiger partial charge in [-0.15, -0.1) is 0 Å². The van der Waals surface area contributed by atoms with Crippen molar-refractivity contribution in [2.45, 2.75) is 0 Å². The van der Waals surface area contributed by atoms with Gasteiger partial charge in [0.15, 0.2) is 0 Å². The number of nitrogens with zero attached hydrogens (tertiary/aromatic N) is 7. The van der Waals surface area contributed by atoms with Gasteiger partial charge in [0.05, 0.1) is 28.9 Å². The molecule has 0 aliphatic heterocycles. The number of hydrogen-bond acceptors (Lipinski definition) is 7. The Labute approximate surface area is 539 Å². The van der Waals surface area contributed by atoms with Crippen molar-refractivity contribution in [2.24, 2.45) is 0 Å². The largest absolute Gasteiger partial charge is 0.264 e. The second-order valence-corrected chi connectivity index (χ2v) is 21.9. The highest BCUT2D eigenvalue weighted by atomic mass is 14.7. The Kier molecular flexibility index (Phi) is 11.2. The number of benzene rings is 13. The summed E-state index contributed by atoms with van der Waals surface area (Å²) in [6.45, 7) is 0. The van der Waals surface area contributed by atoms with Gasteiger partial charge in [-0.05, 0) is 139 Å². The number of aromatic nitrogens is 7. The zero-order chi connectivity index (χ0) is 74.1. The molecule has 0 N–H and O–H groups in total. The van der Waals surface area contributed by atoms with Gasteiger partial charge in [-0.25, -0.2) is 0 Å². The molecule has 20 aromatic rings. The minimum atomic E-state index is 0.515. The molecule has 0 spiro atoms. The second kappa shape index (κ2) is 23.2. The molecule has 0 amide bonds. The SMILES string of the molecule is [2H][2H].[2H][2H].[2H][2H].[2H][2H].[2H][2H].[2H]c1ccc2c(c1)c1cccnc1c1cnccc21.[2H]c1ccc2c(c1)c1cccnc1c1ncccc21.[2H]c1ccc2c3ccccc3c3cccnc3c2c1.[2H]c1ccc2c3ccccc3c3ccncc3c2c1.[2H]c1ccc2c3ccccc3c3ccncc3c2c1. The third kappa shape index (κ3) is 9.37. The number of pyridine rings is 7. The van der Waals surface area contributed by atoms with Gasteiger partial charge in [-0.2, -0.15) is 0 Å². The van der Waals surface area contributed by atoms with Gasteiger partial charge >= 0.3 is 0 Å². The molecule has 0 saturated carbocycles. The molecule has 430 valence electrons. The summed E-state index contributed by atoms with van der Waals surface area (Å²) in [5, 5.41) is 29.8. The van der Waals surface area contributed by atoms with Crippen molar-refractivity contribution in [3.05, 3.63) is 323 Å². The first-order valence-electron chi connectivity index (χ1n) is 37.2. The molecule has 90 heavy (non-hydrogen) atoms. The molecule has 7 heteroatoms. The molecule has 0 bridgehead atoms.